The Morgan fingerprint density at radius 1 is 1.10 bits per heavy atom. The number of nitrogens with zero attached hydrogens (tertiary/aromatic N) is 1. The summed E-state index contributed by atoms with van der Waals surface area (Å²) in [6, 6.07) is 14.9. The van der Waals surface area contributed by atoms with E-state index in [1.807, 2.05) is 12.1 Å². The highest BCUT2D eigenvalue weighted by molar-refractivity contribution is 6.30. The van der Waals surface area contributed by atoms with Crippen LogP contribution in [-0.4, -0.2) is 18.0 Å². The summed E-state index contributed by atoms with van der Waals surface area (Å²) in [6.45, 7) is 5.71. The lowest BCUT2D eigenvalue weighted by Gasteiger charge is -2.29. The predicted molar refractivity (Wildman–Crippen MR) is 89.9 cm³/mol. The molecule has 0 bridgehead atoms. The molecule has 0 unspecified atom stereocenters. The molecular formula is C19H22ClN. The van der Waals surface area contributed by atoms with Crippen LogP contribution in [0.2, 0.25) is 5.02 Å². The van der Waals surface area contributed by atoms with Crippen molar-refractivity contribution >= 4 is 11.6 Å². The molecule has 0 saturated carbocycles. The third-order valence-electron chi connectivity index (χ3n) is 4.43. The van der Waals surface area contributed by atoms with Crippen molar-refractivity contribution in [2.45, 2.75) is 32.7 Å². The first kappa shape index (κ1) is 14.6. The Balaban J connectivity index is 1.52. The Hall–Kier alpha value is -1.31. The molecule has 0 N–H and O–H groups in total. The van der Waals surface area contributed by atoms with E-state index in [0.717, 1.165) is 18.0 Å². The van der Waals surface area contributed by atoms with Crippen LogP contribution in [0.4, 0.5) is 0 Å². The van der Waals surface area contributed by atoms with Crippen molar-refractivity contribution in [2.75, 3.05) is 13.1 Å². The summed E-state index contributed by atoms with van der Waals surface area (Å²) in [5.74, 6) is 0. The molecule has 21 heavy (non-hydrogen) atoms. The molecular weight excluding hydrogens is 278 g/mol. The minimum absolute atomic E-state index is 0.821. The Labute approximate surface area is 132 Å². The van der Waals surface area contributed by atoms with Crippen LogP contribution in [0.5, 0.6) is 0 Å². The average molecular weight is 300 g/mol. The highest BCUT2D eigenvalue weighted by Gasteiger charge is 2.16. The zero-order valence-corrected chi connectivity index (χ0v) is 13.4. The maximum Gasteiger partial charge on any atom is 0.0406 e. The molecule has 0 fully saturated rings. The van der Waals surface area contributed by atoms with E-state index in [1.165, 1.54) is 42.6 Å². The van der Waals surface area contributed by atoms with Crippen LogP contribution < -0.4 is 0 Å². The summed E-state index contributed by atoms with van der Waals surface area (Å²) in [6.07, 6.45) is 3.54. The van der Waals surface area contributed by atoms with Gasteiger partial charge in [0.05, 0.1) is 0 Å². The SMILES string of the molecule is Cc1cccc2c1CCN(CCCc1ccc(Cl)cc1)C2. The van der Waals surface area contributed by atoms with Gasteiger partial charge < -0.3 is 0 Å². The van der Waals surface area contributed by atoms with Gasteiger partial charge in [-0.05, 0) is 67.1 Å². The molecule has 0 aliphatic carbocycles. The minimum Gasteiger partial charge on any atom is -0.299 e. The maximum atomic E-state index is 5.92. The highest BCUT2D eigenvalue weighted by Crippen LogP contribution is 2.22. The third kappa shape index (κ3) is 3.66. The van der Waals surface area contributed by atoms with Crippen LogP contribution in [-0.2, 0) is 19.4 Å². The zero-order chi connectivity index (χ0) is 14.7. The summed E-state index contributed by atoms with van der Waals surface area (Å²) in [7, 11) is 0. The average Bonchev–Trinajstić information content (AvgIpc) is 2.49. The van der Waals surface area contributed by atoms with Gasteiger partial charge in [-0.1, -0.05) is 41.9 Å². The molecule has 2 aromatic rings. The Bertz CT molecular complexity index is 603. The van der Waals surface area contributed by atoms with Crippen molar-refractivity contribution < 1.29 is 0 Å². The first-order chi connectivity index (χ1) is 10.2. The Morgan fingerprint density at radius 3 is 2.71 bits per heavy atom. The van der Waals surface area contributed by atoms with Crippen LogP contribution in [0.3, 0.4) is 0 Å². The molecule has 0 radical (unpaired) electrons. The fraction of sp³-hybridized carbons (Fsp3) is 0.368. The standard InChI is InChI=1S/C19H22ClN/c1-15-4-2-6-17-14-21(13-11-19(15)17)12-3-5-16-7-9-18(20)10-8-16/h2,4,6-10H,3,5,11-14H2,1H3. The summed E-state index contributed by atoms with van der Waals surface area (Å²) in [5, 5.41) is 0.821. The molecule has 2 heteroatoms. The van der Waals surface area contributed by atoms with Gasteiger partial charge in [0.25, 0.3) is 0 Å². The first-order valence-electron chi connectivity index (χ1n) is 7.76. The normalized spacial score (nSPS) is 15.0. The fourth-order valence-corrected chi connectivity index (χ4v) is 3.33. The molecule has 0 amide bonds. The van der Waals surface area contributed by atoms with Crippen molar-refractivity contribution in [2.24, 2.45) is 0 Å². The largest absolute Gasteiger partial charge is 0.299 e. The van der Waals surface area contributed by atoms with Crippen LogP contribution in [0.25, 0.3) is 0 Å². The fourth-order valence-electron chi connectivity index (χ4n) is 3.21. The quantitative estimate of drug-likeness (QED) is 0.795. The third-order valence-corrected chi connectivity index (χ3v) is 4.68. The molecule has 1 aliphatic rings. The summed E-state index contributed by atoms with van der Waals surface area (Å²) in [4.78, 5) is 2.58. The van der Waals surface area contributed by atoms with Gasteiger partial charge in [0.15, 0.2) is 0 Å². The monoisotopic (exact) mass is 299 g/mol. The molecule has 0 aromatic heterocycles. The van der Waals surface area contributed by atoms with Gasteiger partial charge in [0, 0.05) is 18.1 Å². The number of rotatable bonds is 4. The summed E-state index contributed by atoms with van der Waals surface area (Å²) < 4.78 is 0. The molecule has 0 spiro atoms. The van der Waals surface area contributed by atoms with Crippen LogP contribution in [0.1, 0.15) is 28.7 Å². The van der Waals surface area contributed by atoms with Crippen molar-refractivity contribution in [1.29, 1.82) is 0 Å². The number of fused-ring (bicyclic) bond motifs is 1. The molecule has 1 aliphatic heterocycles. The van der Waals surface area contributed by atoms with E-state index in [-0.39, 0.29) is 0 Å². The highest BCUT2D eigenvalue weighted by atomic mass is 35.5. The van der Waals surface area contributed by atoms with E-state index in [9.17, 15) is 0 Å². The number of aryl methyl sites for hydroxylation is 2. The number of benzene rings is 2. The van der Waals surface area contributed by atoms with Gasteiger partial charge in [0.1, 0.15) is 0 Å². The molecule has 3 rings (SSSR count). The molecule has 0 saturated heterocycles. The second kappa shape index (κ2) is 6.64. The van der Waals surface area contributed by atoms with Crippen molar-refractivity contribution in [3.8, 4) is 0 Å². The van der Waals surface area contributed by atoms with E-state index in [2.05, 4.69) is 42.2 Å². The Kier molecular flexibility index (Phi) is 4.62. The number of halogens is 1. The lowest BCUT2D eigenvalue weighted by molar-refractivity contribution is 0.251. The molecule has 2 aromatic carbocycles. The molecule has 0 atom stereocenters. The van der Waals surface area contributed by atoms with Crippen molar-refractivity contribution in [3.63, 3.8) is 0 Å². The maximum absolute atomic E-state index is 5.92. The second-order valence-electron chi connectivity index (χ2n) is 5.97. The van der Waals surface area contributed by atoms with Gasteiger partial charge in [-0.15, -0.1) is 0 Å². The van der Waals surface area contributed by atoms with Gasteiger partial charge in [-0.25, -0.2) is 0 Å². The van der Waals surface area contributed by atoms with E-state index in [1.54, 1.807) is 5.56 Å². The second-order valence-corrected chi connectivity index (χ2v) is 6.41. The van der Waals surface area contributed by atoms with Gasteiger partial charge in [-0.3, -0.25) is 4.90 Å². The van der Waals surface area contributed by atoms with E-state index < -0.39 is 0 Å². The van der Waals surface area contributed by atoms with Gasteiger partial charge in [0.2, 0.25) is 0 Å². The van der Waals surface area contributed by atoms with Crippen LogP contribution >= 0.6 is 11.6 Å². The van der Waals surface area contributed by atoms with E-state index >= 15 is 0 Å². The lowest BCUT2D eigenvalue weighted by Crippen LogP contribution is -2.31. The minimum atomic E-state index is 0.821. The van der Waals surface area contributed by atoms with E-state index in [0.29, 0.717) is 0 Å². The predicted octanol–water partition coefficient (Wildman–Crippen LogP) is 4.64. The summed E-state index contributed by atoms with van der Waals surface area (Å²) >= 11 is 5.92. The first-order valence-corrected chi connectivity index (χ1v) is 8.14. The Morgan fingerprint density at radius 2 is 1.90 bits per heavy atom. The van der Waals surface area contributed by atoms with E-state index in [4.69, 9.17) is 11.6 Å². The zero-order valence-electron chi connectivity index (χ0n) is 12.6. The topological polar surface area (TPSA) is 3.24 Å². The van der Waals surface area contributed by atoms with Gasteiger partial charge in [-0.2, -0.15) is 0 Å². The van der Waals surface area contributed by atoms with Gasteiger partial charge >= 0.3 is 0 Å². The van der Waals surface area contributed by atoms with Crippen LogP contribution in [0.15, 0.2) is 42.5 Å². The molecule has 1 heterocycles. The molecule has 1 nitrogen and oxygen atoms in total. The smallest absolute Gasteiger partial charge is 0.0406 e. The number of hydrogen-bond donors (Lipinski definition) is 0. The molecule has 110 valence electrons. The van der Waals surface area contributed by atoms with Crippen molar-refractivity contribution in [1.82, 2.24) is 4.90 Å². The lowest BCUT2D eigenvalue weighted by atomic mass is 9.95. The summed E-state index contributed by atoms with van der Waals surface area (Å²) in [5.41, 5.74) is 5.93. The van der Waals surface area contributed by atoms with Crippen molar-refractivity contribution in [3.05, 3.63) is 69.7 Å². The van der Waals surface area contributed by atoms with Crippen LogP contribution in [0, 0.1) is 6.92 Å². The number of hydrogen-bond acceptors (Lipinski definition) is 1.